The van der Waals surface area contributed by atoms with E-state index in [1.807, 2.05) is 13.0 Å². The minimum Gasteiger partial charge on any atom is -0.434 e. The fourth-order valence-electron chi connectivity index (χ4n) is 3.07. The number of halogens is 1. The molecule has 0 unspecified atom stereocenters. The summed E-state index contributed by atoms with van der Waals surface area (Å²) in [4.78, 5) is 21.9. The van der Waals surface area contributed by atoms with Crippen LogP contribution in [0.1, 0.15) is 16.1 Å². The molecule has 5 rings (SSSR count). The molecule has 0 spiro atoms. The van der Waals surface area contributed by atoms with E-state index in [-0.39, 0.29) is 23.0 Å². The molecule has 32 heavy (non-hydrogen) atoms. The predicted molar refractivity (Wildman–Crippen MR) is 111 cm³/mol. The smallest absolute Gasteiger partial charge is 0.277 e. The number of ether oxygens (including phenoxy) is 1. The van der Waals surface area contributed by atoms with Crippen LogP contribution in [0.25, 0.3) is 11.2 Å². The molecule has 158 valence electrons. The van der Waals surface area contributed by atoms with Crippen molar-refractivity contribution in [1.29, 1.82) is 0 Å². The van der Waals surface area contributed by atoms with Crippen LogP contribution in [0.15, 0.2) is 67.5 Å². The molecule has 1 amide bonds. The molecular formula is C21H15FN8O2. The first-order valence-electron chi connectivity index (χ1n) is 9.49. The van der Waals surface area contributed by atoms with E-state index in [2.05, 4.69) is 30.6 Å². The zero-order valence-corrected chi connectivity index (χ0v) is 16.7. The van der Waals surface area contributed by atoms with E-state index >= 15 is 0 Å². The lowest BCUT2D eigenvalue weighted by Crippen LogP contribution is -2.13. The number of nitrogens with zero attached hydrogens (tertiary/aromatic N) is 7. The third-order valence-corrected chi connectivity index (χ3v) is 4.62. The van der Waals surface area contributed by atoms with Crippen LogP contribution >= 0.6 is 0 Å². The van der Waals surface area contributed by atoms with Gasteiger partial charge in [-0.05, 0) is 42.8 Å². The second-order valence-corrected chi connectivity index (χ2v) is 6.79. The molecule has 0 bridgehead atoms. The molecule has 5 aromatic rings. The maximum atomic E-state index is 14.7. The van der Waals surface area contributed by atoms with Gasteiger partial charge in [0.05, 0.1) is 12.4 Å². The molecule has 0 saturated carbocycles. The number of aromatic nitrogens is 7. The zero-order valence-electron chi connectivity index (χ0n) is 16.7. The number of fused-ring (bicyclic) bond motifs is 1. The van der Waals surface area contributed by atoms with Gasteiger partial charge in [-0.15, -0.1) is 9.90 Å². The topological polar surface area (TPSA) is 112 Å². The summed E-state index contributed by atoms with van der Waals surface area (Å²) in [6, 6.07) is 9.43. The quantitative estimate of drug-likeness (QED) is 0.456. The number of amides is 1. The highest BCUT2D eigenvalue weighted by atomic mass is 19.1. The highest BCUT2D eigenvalue weighted by Gasteiger charge is 2.15. The molecule has 0 fully saturated rings. The molecule has 0 aliphatic rings. The van der Waals surface area contributed by atoms with E-state index in [4.69, 9.17) is 4.74 Å². The number of nitrogens with one attached hydrogen (secondary N) is 1. The Morgan fingerprint density at radius 3 is 2.88 bits per heavy atom. The Bertz CT molecular complexity index is 1430. The number of aryl methyl sites for hydroxylation is 1. The van der Waals surface area contributed by atoms with E-state index in [0.29, 0.717) is 11.2 Å². The molecule has 1 aromatic carbocycles. The van der Waals surface area contributed by atoms with Crippen LogP contribution in [0.2, 0.25) is 0 Å². The lowest BCUT2D eigenvalue weighted by atomic mass is 10.2. The largest absolute Gasteiger partial charge is 0.434 e. The van der Waals surface area contributed by atoms with Crippen LogP contribution in [-0.4, -0.2) is 40.5 Å². The Hall–Kier alpha value is -4.67. The standard InChI is InChI=1S/C21H15FN8O2/c1-13-6-8-29-19(13)21(24-12-26-29)32-18-5-4-14(9-16(18)22)27-20(31)17-11-25-30(28-17)15-3-2-7-23-10-15/h2-12H,1H3,(H,27,31). The number of anilines is 1. The Labute approximate surface area is 180 Å². The summed E-state index contributed by atoms with van der Waals surface area (Å²) in [6.45, 7) is 1.88. The molecule has 0 atom stereocenters. The van der Waals surface area contributed by atoms with Gasteiger partial charge in [-0.1, -0.05) is 0 Å². The normalized spacial score (nSPS) is 10.9. The Morgan fingerprint density at radius 2 is 2.06 bits per heavy atom. The number of rotatable bonds is 5. The minimum absolute atomic E-state index is 0.0354. The van der Waals surface area contributed by atoms with Crippen molar-refractivity contribution >= 4 is 17.1 Å². The Kier molecular flexibility index (Phi) is 4.75. The van der Waals surface area contributed by atoms with Crippen molar-refractivity contribution in [2.75, 3.05) is 5.32 Å². The van der Waals surface area contributed by atoms with Crippen LogP contribution in [0.5, 0.6) is 11.6 Å². The van der Waals surface area contributed by atoms with Gasteiger partial charge in [-0.25, -0.2) is 8.91 Å². The van der Waals surface area contributed by atoms with E-state index in [1.165, 1.54) is 29.5 Å². The van der Waals surface area contributed by atoms with Gasteiger partial charge < -0.3 is 10.1 Å². The summed E-state index contributed by atoms with van der Waals surface area (Å²) < 4.78 is 21.9. The van der Waals surface area contributed by atoms with Crippen LogP contribution < -0.4 is 10.1 Å². The molecule has 4 heterocycles. The summed E-state index contributed by atoms with van der Waals surface area (Å²) in [5.41, 5.74) is 2.45. The van der Waals surface area contributed by atoms with Gasteiger partial charge in [0.1, 0.15) is 17.5 Å². The van der Waals surface area contributed by atoms with Gasteiger partial charge in [0.2, 0.25) is 5.88 Å². The molecule has 4 aromatic heterocycles. The van der Waals surface area contributed by atoms with Gasteiger partial charge in [0.25, 0.3) is 5.91 Å². The summed E-state index contributed by atoms with van der Waals surface area (Å²) in [6.07, 6.45) is 7.59. The first-order valence-corrected chi connectivity index (χ1v) is 9.49. The Morgan fingerprint density at radius 1 is 1.16 bits per heavy atom. The molecule has 1 N–H and O–H groups in total. The number of carbonyl (C=O) groups is 1. The monoisotopic (exact) mass is 430 g/mol. The number of hydrogen-bond acceptors (Lipinski definition) is 7. The number of carbonyl (C=O) groups excluding carboxylic acids is 1. The Balaban J connectivity index is 1.33. The molecule has 0 saturated heterocycles. The molecule has 0 aliphatic carbocycles. The number of pyridine rings is 1. The van der Waals surface area contributed by atoms with Gasteiger partial charge in [0, 0.05) is 24.1 Å². The highest BCUT2D eigenvalue weighted by Crippen LogP contribution is 2.29. The van der Waals surface area contributed by atoms with Crippen molar-refractivity contribution < 1.29 is 13.9 Å². The lowest BCUT2D eigenvalue weighted by Gasteiger charge is -2.09. The maximum Gasteiger partial charge on any atom is 0.277 e. The molecular weight excluding hydrogens is 415 g/mol. The average Bonchev–Trinajstić information content (AvgIpc) is 3.44. The van der Waals surface area contributed by atoms with Crippen LogP contribution in [-0.2, 0) is 0 Å². The molecule has 10 nitrogen and oxygen atoms in total. The predicted octanol–water partition coefficient (Wildman–Crippen LogP) is 3.20. The van der Waals surface area contributed by atoms with Gasteiger partial charge in [0.15, 0.2) is 17.3 Å². The summed E-state index contributed by atoms with van der Waals surface area (Å²) >= 11 is 0. The summed E-state index contributed by atoms with van der Waals surface area (Å²) in [5.74, 6) is -1.01. The van der Waals surface area contributed by atoms with Crippen molar-refractivity contribution in [2.24, 2.45) is 0 Å². The maximum absolute atomic E-state index is 14.7. The van der Waals surface area contributed by atoms with E-state index < -0.39 is 11.7 Å². The minimum atomic E-state index is -0.664. The second-order valence-electron chi connectivity index (χ2n) is 6.79. The number of benzene rings is 1. The second kappa shape index (κ2) is 7.87. The van der Waals surface area contributed by atoms with Gasteiger partial charge >= 0.3 is 0 Å². The van der Waals surface area contributed by atoms with Gasteiger partial charge in [-0.2, -0.15) is 15.2 Å². The third-order valence-electron chi connectivity index (χ3n) is 4.62. The van der Waals surface area contributed by atoms with Crippen molar-refractivity contribution in [3.8, 4) is 17.3 Å². The molecule has 11 heteroatoms. The SMILES string of the molecule is Cc1ccn2ncnc(Oc3ccc(NC(=O)c4cnn(-c5cccnc5)n4)cc3F)c12. The van der Waals surface area contributed by atoms with E-state index in [9.17, 15) is 9.18 Å². The fourth-order valence-corrected chi connectivity index (χ4v) is 3.07. The van der Waals surface area contributed by atoms with Crippen LogP contribution in [0.3, 0.4) is 0 Å². The van der Waals surface area contributed by atoms with Crippen molar-refractivity contribution in [1.82, 2.24) is 34.6 Å². The van der Waals surface area contributed by atoms with Crippen LogP contribution in [0.4, 0.5) is 10.1 Å². The third kappa shape index (κ3) is 3.62. The first kappa shape index (κ1) is 19.3. The molecule has 0 aliphatic heterocycles. The van der Waals surface area contributed by atoms with Gasteiger partial charge in [-0.3, -0.25) is 9.78 Å². The average molecular weight is 430 g/mol. The van der Waals surface area contributed by atoms with Crippen molar-refractivity contribution in [3.05, 3.63) is 84.6 Å². The summed E-state index contributed by atoms with van der Waals surface area (Å²) in [5, 5.41) is 14.9. The highest BCUT2D eigenvalue weighted by molar-refractivity contribution is 6.02. The fraction of sp³-hybridized carbons (Fsp3) is 0.0476. The van der Waals surface area contributed by atoms with Crippen molar-refractivity contribution in [2.45, 2.75) is 6.92 Å². The lowest BCUT2D eigenvalue weighted by molar-refractivity contribution is 0.102. The van der Waals surface area contributed by atoms with E-state index in [1.54, 1.807) is 35.2 Å². The first-order chi connectivity index (χ1) is 15.6. The van der Waals surface area contributed by atoms with E-state index in [0.717, 1.165) is 11.6 Å². The number of hydrogen-bond donors (Lipinski definition) is 1. The zero-order chi connectivity index (χ0) is 22.1. The van der Waals surface area contributed by atoms with Crippen LogP contribution in [0, 0.1) is 12.7 Å². The molecule has 0 radical (unpaired) electrons. The summed E-state index contributed by atoms with van der Waals surface area (Å²) in [7, 11) is 0. The van der Waals surface area contributed by atoms with Crippen molar-refractivity contribution in [3.63, 3.8) is 0 Å².